The summed E-state index contributed by atoms with van der Waals surface area (Å²) in [6.07, 6.45) is 1.09. The Morgan fingerprint density at radius 2 is 2.38 bits per heavy atom. The third-order valence-electron chi connectivity index (χ3n) is 3.41. The standard InChI is InChI=1S/C12H13NO3/c1-15-11(14)8-2-3-9-10(6-8)16-7-12(9)4-5-13-12/h2-3,6,13H,4-5,7H2,1H3/t12-/m0/s1. The summed E-state index contributed by atoms with van der Waals surface area (Å²) in [6, 6.07) is 5.51. The van der Waals surface area contributed by atoms with Crippen LogP contribution in [0.3, 0.4) is 0 Å². The zero-order valence-corrected chi connectivity index (χ0v) is 9.08. The Balaban J connectivity index is 1.99. The molecule has 1 atom stereocenters. The van der Waals surface area contributed by atoms with Crippen LogP contribution in [0.25, 0.3) is 0 Å². The molecule has 1 saturated heterocycles. The predicted octanol–water partition coefficient (Wildman–Crippen LogP) is 1.05. The molecule has 1 aromatic rings. The maximum Gasteiger partial charge on any atom is 0.337 e. The van der Waals surface area contributed by atoms with E-state index in [1.54, 1.807) is 12.1 Å². The Hall–Kier alpha value is -1.55. The van der Waals surface area contributed by atoms with Gasteiger partial charge in [-0.2, -0.15) is 0 Å². The number of ether oxygens (including phenoxy) is 2. The number of nitrogens with one attached hydrogen (secondary N) is 1. The van der Waals surface area contributed by atoms with E-state index in [2.05, 4.69) is 10.1 Å². The second-order valence-electron chi connectivity index (χ2n) is 4.25. The third kappa shape index (κ3) is 1.16. The molecule has 4 heteroatoms. The number of esters is 1. The molecule has 3 rings (SSSR count). The molecule has 1 spiro atoms. The highest BCUT2D eigenvalue weighted by Crippen LogP contribution is 2.43. The van der Waals surface area contributed by atoms with Crippen LogP contribution in [0.4, 0.5) is 0 Å². The van der Waals surface area contributed by atoms with Crippen molar-refractivity contribution in [2.24, 2.45) is 0 Å². The van der Waals surface area contributed by atoms with Gasteiger partial charge in [0.1, 0.15) is 12.4 Å². The third-order valence-corrected chi connectivity index (χ3v) is 3.41. The lowest BCUT2D eigenvalue weighted by Crippen LogP contribution is -2.55. The fraction of sp³-hybridized carbons (Fsp3) is 0.417. The maximum atomic E-state index is 11.4. The van der Waals surface area contributed by atoms with Crippen LogP contribution in [0.1, 0.15) is 22.3 Å². The average molecular weight is 219 g/mol. The number of hydrogen-bond acceptors (Lipinski definition) is 4. The van der Waals surface area contributed by atoms with E-state index in [9.17, 15) is 4.79 Å². The summed E-state index contributed by atoms with van der Waals surface area (Å²) in [5.74, 6) is 0.476. The van der Waals surface area contributed by atoms with Crippen LogP contribution in [0.5, 0.6) is 5.75 Å². The van der Waals surface area contributed by atoms with Gasteiger partial charge in [-0.05, 0) is 25.1 Å². The molecule has 0 saturated carbocycles. The first-order valence-electron chi connectivity index (χ1n) is 5.36. The summed E-state index contributed by atoms with van der Waals surface area (Å²) in [7, 11) is 1.38. The van der Waals surface area contributed by atoms with Crippen molar-refractivity contribution in [3.05, 3.63) is 29.3 Å². The van der Waals surface area contributed by atoms with Crippen molar-refractivity contribution in [3.8, 4) is 5.75 Å². The predicted molar refractivity (Wildman–Crippen MR) is 57.6 cm³/mol. The van der Waals surface area contributed by atoms with Gasteiger partial charge in [0.25, 0.3) is 0 Å². The highest BCUT2D eigenvalue weighted by Gasteiger charge is 2.45. The number of fused-ring (bicyclic) bond motifs is 2. The van der Waals surface area contributed by atoms with Crippen LogP contribution >= 0.6 is 0 Å². The van der Waals surface area contributed by atoms with E-state index < -0.39 is 0 Å². The molecule has 1 aromatic carbocycles. The fourth-order valence-electron chi connectivity index (χ4n) is 2.34. The molecular formula is C12H13NO3. The van der Waals surface area contributed by atoms with Gasteiger partial charge >= 0.3 is 5.97 Å². The van der Waals surface area contributed by atoms with E-state index in [0.29, 0.717) is 12.2 Å². The average Bonchev–Trinajstić information content (AvgIpc) is 2.66. The number of hydrogen-bond donors (Lipinski definition) is 1. The summed E-state index contributed by atoms with van der Waals surface area (Å²) >= 11 is 0. The van der Waals surface area contributed by atoms with Gasteiger partial charge in [0.15, 0.2) is 0 Å². The second kappa shape index (κ2) is 3.22. The van der Waals surface area contributed by atoms with Gasteiger partial charge in [0.2, 0.25) is 0 Å². The van der Waals surface area contributed by atoms with Crippen LogP contribution in [0, 0.1) is 0 Å². The Bertz CT molecular complexity index is 452. The first-order chi connectivity index (χ1) is 7.75. The van der Waals surface area contributed by atoms with Crippen LogP contribution < -0.4 is 10.1 Å². The van der Waals surface area contributed by atoms with Gasteiger partial charge in [0, 0.05) is 5.56 Å². The first-order valence-corrected chi connectivity index (χ1v) is 5.36. The number of carbonyl (C=O) groups excluding carboxylic acids is 1. The molecular weight excluding hydrogens is 206 g/mol. The monoisotopic (exact) mass is 219 g/mol. The molecule has 1 fully saturated rings. The number of rotatable bonds is 1. The highest BCUT2D eigenvalue weighted by atomic mass is 16.5. The Kier molecular flexibility index (Phi) is 1.94. The Morgan fingerprint density at radius 3 is 3.00 bits per heavy atom. The quantitative estimate of drug-likeness (QED) is 0.717. The normalized spacial score (nSPS) is 25.8. The maximum absolute atomic E-state index is 11.4. The van der Waals surface area contributed by atoms with E-state index in [-0.39, 0.29) is 11.5 Å². The fourth-order valence-corrected chi connectivity index (χ4v) is 2.34. The second-order valence-corrected chi connectivity index (χ2v) is 4.25. The minimum absolute atomic E-state index is 0.00395. The highest BCUT2D eigenvalue weighted by molar-refractivity contribution is 5.90. The molecule has 0 unspecified atom stereocenters. The smallest absolute Gasteiger partial charge is 0.337 e. The minimum atomic E-state index is -0.325. The van der Waals surface area contributed by atoms with Gasteiger partial charge in [-0.3, -0.25) is 0 Å². The topological polar surface area (TPSA) is 47.6 Å². The van der Waals surface area contributed by atoms with E-state index in [4.69, 9.17) is 4.74 Å². The Morgan fingerprint density at radius 1 is 1.56 bits per heavy atom. The van der Waals surface area contributed by atoms with E-state index >= 15 is 0 Å². The summed E-state index contributed by atoms with van der Waals surface area (Å²) in [5.41, 5.74) is 1.70. The molecule has 4 nitrogen and oxygen atoms in total. The van der Waals surface area contributed by atoms with Crippen LogP contribution in [0.2, 0.25) is 0 Å². The van der Waals surface area contributed by atoms with Crippen LogP contribution in [0.15, 0.2) is 18.2 Å². The zero-order chi connectivity index (χ0) is 11.2. The first kappa shape index (κ1) is 9.66. The zero-order valence-electron chi connectivity index (χ0n) is 9.08. The van der Waals surface area contributed by atoms with Gasteiger partial charge in [-0.15, -0.1) is 0 Å². The number of benzene rings is 1. The van der Waals surface area contributed by atoms with Gasteiger partial charge in [-0.25, -0.2) is 4.79 Å². The molecule has 1 N–H and O–H groups in total. The van der Waals surface area contributed by atoms with E-state index in [1.807, 2.05) is 6.07 Å². The SMILES string of the molecule is COC(=O)c1ccc2c(c1)OC[C@@]21CCN1. The number of carbonyl (C=O) groups is 1. The van der Waals surface area contributed by atoms with Crippen molar-refractivity contribution in [3.63, 3.8) is 0 Å². The largest absolute Gasteiger partial charge is 0.491 e. The molecule has 0 amide bonds. The van der Waals surface area contributed by atoms with Crippen molar-refractivity contribution in [2.75, 3.05) is 20.3 Å². The lowest BCUT2D eigenvalue weighted by atomic mass is 9.82. The number of methoxy groups -OCH3 is 1. The molecule has 0 bridgehead atoms. The lowest BCUT2D eigenvalue weighted by molar-refractivity contribution is 0.0600. The lowest BCUT2D eigenvalue weighted by Gasteiger charge is -2.38. The molecule has 2 aliphatic heterocycles. The molecule has 84 valence electrons. The summed E-state index contributed by atoms with van der Waals surface area (Å²) < 4.78 is 10.3. The molecule has 0 aliphatic carbocycles. The van der Waals surface area contributed by atoms with Crippen molar-refractivity contribution < 1.29 is 14.3 Å². The summed E-state index contributed by atoms with van der Waals surface area (Å²) in [4.78, 5) is 11.4. The Labute approximate surface area is 93.5 Å². The van der Waals surface area contributed by atoms with Crippen molar-refractivity contribution in [2.45, 2.75) is 12.0 Å². The van der Waals surface area contributed by atoms with Gasteiger partial charge in [-0.1, -0.05) is 6.07 Å². The van der Waals surface area contributed by atoms with E-state index in [1.165, 1.54) is 7.11 Å². The molecule has 0 aromatic heterocycles. The van der Waals surface area contributed by atoms with Gasteiger partial charge in [0.05, 0.1) is 18.2 Å². The van der Waals surface area contributed by atoms with E-state index in [0.717, 1.165) is 24.3 Å². The molecule has 16 heavy (non-hydrogen) atoms. The molecule has 0 radical (unpaired) electrons. The summed E-state index contributed by atoms with van der Waals surface area (Å²) in [5, 5.41) is 3.40. The molecule has 2 heterocycles. The van der Waals surface area contributed by atoms with Crippen molar-refractivity contribution >= 4 is 5.97 Å². The molecule has 2 aliphatic rings. The summed E-state index contributed by atoms with van der Waals surface area (Å²) in [6.45, 7) is 1.69. The van der Waals surface area contributed by atoms with Crippen LogP contribution in [-0.4, -0.2) is 26.2 Å². The minimum Gasteiger partial charge on any atom is -0.491 e. The van der Waals surface area contributed by atoms with Crippen molar-refractivity contribution in [1.82, 2.24) is 5.32 Å². The van der Waals surface area contributed by atoms with Gasteiger partial charge < -0.3 is 14.8 Å². The van der Waals surface area contributed by atoms with Crippen molar-refractivity contribution in [1.29, 1.82) is 0 Å². The van der Waals surface area contributed by atoms with Crippen LogP contribution in [-0.2, 0) is 10.3 Å².